The molecule has 0 saturated carbocycles. The average molecular weight is 185 g/mol. The number of carbonyl (C=O) groups is 1. The van der Waals surface area contributed by atoms with Crippen molar-refractivity contribution in [2.45, 2.75) is 45.1 Å². The van der Waals surface area contributed by atoms with Crippen LogP contribution in [0.4, 0.5) is 0 Å². The van der Waals surface area contributed by atoms with Crippen LogP contribution < -0.4 is 0 Å². The third-order valence-electron chi connectivity index (χ3n) is 2.75. The van der Waals surface area contributed by atoms with Gasteiger partial charge in [-0.3, -0.25) is 9.69 Å². The molecule has 1 fully saturated rings. The summed E-state index contributed by atoms with van der Waals surface area (Å²) in [7, 11) is 0. The molecule has 3 nitrogen and oxygen atoms in total. The molecule has 1 rings (SSSR count). The second-order valence-corrected chi connectivity index (χ2v) is 3.71. The largest absolute Gasteiger partial charge is 0.480 e. The van der Waals surface area contributed by atoms with Crippen LogP contribution in [0.15, 0.2) is 0 Å². The highest BCUT2D eigenvalue weighted by Crippen LogP contribution is 2.14. The van der Waals surface area contributed by atoms with Crippen molar-refractivity contribution in [2.24, 2.45) is 0 Å². The van der Waals surface area contributed by atoms with Gasteiger partial charge in [0.25, 0.3) is 0 Å². The molecule has 0 aromatic rings. The van der Waals surface area contributed by atoms with Gasteiger partial charge >= 0.3 is 5.97 Å². The summed E-state index contributed by atoms with van der Waals surface area (Å²) in [6.07, 6.45) is 5.54. The summed E-state index contributed by atoms with van der Waals surface area (Å²) >= 11 is 0. The lowest BCUT2D eigenvalue weighted by Gasteiger charge is -2.26. The third-order valence-corrected chi connectivity index (χ3v) is 2.75. The van der Waals surface area contributed by atoms with Gasteiger partial charge in [0.2, 0.25) is 0 Å². The van der Waals surface area contributed by atoms with Gasteiger partial charge in [0.05, 0.1) is 0 Å². The van der Waals surface area contributed by atoms with E-state index in [2.05, 4.69) is 4.90 Å². The number of nitrogens with zero attached hydrogens (tertiary/aromatic N) is 1. The van der Waals surface area contributed by atoms with Gasteiger partial charge in [0.15, 0.2) is 0 Å². The topological polar surface area (TPSA) is 40.5 Å². The molecule has 1 N–H and O–H groups in total. The molecule has 1 atom stereocenters. The van der Waals surface area contributed by atoms with E-state index in [0.717, 1.165) is 32.4 Å². The normalized spacial score (nSPS) is 22.2. The fourth-order valence-electron chi connectivity index (χ4n) is 2.00. The van der Waals surface area contributed by atoms with Gasteiger partial charge in [-0.25, -0.2) is 0 Å². The first-order chi connectivity index (χ1) is 6.25. The van der Waals surface area contributed by atoms with Crippen molar-refractivity contribution in [3.05, 3.63) is 0 Å². The van der Waals surface area contributed by atoms with Crippen molar-refractivity contribution >= 4 is 5.97 Å². The maximum atomic E-state index is 10.9. The minimum absolute atomic E-state index is 0.252. The molecule has 1 heterocycles. The third kappa shape index (κ3) is 2.99. The van der Waals surface area contributed by atoms with Crippen LogP contribution in [0.3, 0.4) is 0 Å². The van der Waals surface area contributed by atoms with Crippen molar-refractivity contribution in [3.8, 4) is 0 Å². The number of carboxylic acid groups (broad SMARTS) is 1. The minimum atomic E-state index is -0.663. The highest BCUT2D eigenvalue weighted by Gasteiger charge is 2.23. The Balaban J connectivity index is 2.50. The van der Waals surface area contributed by atoms with Crippen molar-refractivity contribution < 1.29 is 9.90 Å². The highest BCUT2D eigenvalue weighted by atomic mass is 16.4. The van der Waals surface area contributed by atoms with Crippen molar-refractivity contribution in [1.82, 2.24) is 4.90 Å². The summed E-state index contributed by atoms with van der Waals surface area (Å²) in [6.45, 7) is 3.87. The number of carboxylic acids is 1. The van der Waals surface area contributed by atoms with Gasteiger partial charge in [-0.2, -0.15) is 0 Å². The molecule has 0 bridgehead atoms. The van der Waals surface area contributed by atoms with Crippen LogP contribution in [-0.2, 0) is 4.79 Å². The van der Waals surface area contributed by atoms with Gasteiger partial charge in [0.1, 0.15) is 6.04 Å². The van der Waals surface area contributed by atoms with Crippen molar-refractivity contribution in [3.63, 3.8) is 0 Å². The Hall–Kier alpha value is -0.570. The fourth-order valence-corrected chi connectivity index (χ4v) is 2.00. The van der Waals surface area contributed by atoms with Gasteiger partial charge in [-0.1, -0.05) is 19.8 Å². The first-order valence-electron chi connectivity index (χ1n) is 5.22. The summed E-state index contributed by atoms with van der Waals surface area (Å²) in [5.41, 5.74) is 0. The number of rotatable bonds is 3. The molecule has 0 aliphatic carbocycles. The Morgan fingerprint density at radius 1 is 1.31 bits per heavy atom. The molecule has 1 aliphatic heterocycles. The number of likely N-dealkylation sites (tertiary alicyclic amines) is 1. The van der Waals surface area contributed by atoms with Crippen molar-refractivity contribution in [1.29, 1.82) is 0 Å². The van der Waals surface area contributed by atoms with E-state index < -0.39 is 5.97 Å². The summed E-state index contributed by atoms with van der Waals surface area (Å²) < 4.78 is 0. The molecule has 0 amide bonds. The molecular weight excluding hydrogens is 166 g/mol. The Labute approximate surface area is 79.7 Å². The van der Waals surface area contributed by atoms with Crippen LogP contribution in [0, 0.1) is 0 Å². The first kappa shape index (κ1) is 10.5. The van der Waals surface area contributed by atoms with Gasteiger partial charge < -0.3 is 5.11 Å². The lowest BCUT2D eigenvalue weighted by Crippen LogP contribution is -2.41. The van der Waals surface area contributed by atoms with Crippen molar-refractivity contribution in [2.75, 3.05) is 13.1 Å². The van der Waals surface area contributed by atoms with E-state index in [9.17, 15) is 4.79 Å². The molecule has 0 spiro atoms. The number of hydrogen-bond donors (Lipinski definition) is 1. The van der Waals surface area contributed by atoms with E-state index in [1.54, 1.807) is 0 Å². The summed E-state index contributed by atoms with van der Waals surface area (Å²) in [4.78, 5) is 13.0. The van der Waals surface area contributed by atoms with Gasteiger partial charge in [-0.15, -0.1) is 0 Å². The standard InChI is InChI=1S/C10H19NO2/c1-2-9(10(12)13)11-7-5-3-4-6-8-11/h9H,2-8H2,1H3,(H,12,13)/t9-/m1/s1. The van der Waals surface area contributed by atoms with E-state index in [0.29, 0.717) is 0 Å². The van der Waals surface area contributed by atoms with E-state index in [-0.39, 0.29) is 6.04 Å². The molecular formula is C10H19NO2. The summed E-state index contributed by atoms with van der Waals surface area (Å²) in [6, 6.07) is -0.252. The van der Waals surface area contributed by atoms with E-state index >= 15 is 0 Å². The molecule has 0 radical (unpaired) electrons. The number of aliphatic carboxylic acids is 1. The van der Waals surface area contributed by atoms with Crippen LogP contribution >= 0.6 is 0 Å². The van der Waals surface area contributed by atoms with Crippen LogP contribution in [0.1, 0.15) is 39.0 Å². The summed E-state index contributed by atoms with van der Waals surface area (Å²) in [5.74, 6) is -0.663. The molecule has 3 heteroatoms. The Morgan fingerprint density at radius 2 is 1.85 bits per heavy atom. The van der Waals surface area contributed by atoms with E-state index in [1.807, 2.05) is 6.92 Å². The first-order valence-corrected chi connectivity index (χ1v) is 5.22. The minimum Gasteiger partial charge on any atom is -0.480 e. The second-order valence-electron chi connectivity index (χ2n) is 3.71. The Morgan fingerprint density at radius 3 is 2.23 bits per heavy atom. The molecule has 76 valence electrons. The second kappa shape index (κ2) is 5.22. The maximum absolute atomic E-state index is 10.9. The smallest absolute Gasteiger partial charge is 0.320 e. The molecule has 0 aromatic carbocycles. The monoisotopic (exact) mass is 185 g/mol. The molecule has 0 unspecified atom stereocenters. The molecule has 1 aliphatic rings. The SMILES string of the molecule is CC[C@H](C(=O)O)N1CCCCCC1. The maximum Gasteiger partial charge on any atom is 0.320 e. The lowest BCUT2D eigenvalue weighted by molar-refractivity contribution is -0.143. The predicted molar refractivity (Wildman–Crippen MR) is 51.8 cm³/mol. The molecule has 1 saturated heterocycles. The Kier molecular flexibility index (Phi) is 4.22. The van der Waals surface area contributed by atoms with Crippen LogP contribution in [0.2, 0.25) is 0 Å². The number of hydrogen-bond acceptors (Lipinski definition) is 2. The van der Waals surface area contributed by atoms with E-state index in [4.69, 9.17) is 5.11 Å². The average Bonchev–Trinajstić information content (AvgIpc) is 2.33. The quantitative estimate of drug-likeness (QED) is 0.728. The molecule has 13 heavy (non-hydrogen) atoms. The van der Waals surface area contributed by atoms with Gasteiger partial charge in [0, 0.05) is 0 Å². The molecule has 0 aromatic heterocycles. The fraction of sp³-hybridized carbons (Fsp3) is 0.900. The Bertz CT molecular complexity index is 162. The van der Waals surface area contributed by atoms with Crippen LogP contribution in [-0.4, -0.2) is 35.1 Å². The zero-order valence-electron chi connectivity index (χ0n) is 8.33. The van der Waals surface area contributed by atoms with Gasteiger partial charge in [-0.05, 0) is 32.4 Å². The summed E-state index contributed by atoms with van der Waals surface area (Å²) in [5, 5.41) is 8.98. The van der Waals surface area contributed by atoms with Crippen LogP contribution in [0.25, 0.3) is 0 Å². The predicted octanol–water partition coefficient (Wildman–Crippen LogP) is 1.73. The zero-order chi connectivity index (χ0) is 9.68. The van der Waals surface area contributed by atoms with Crippen LogP contribution in [0.5, 0.6) is 0 Å². The zero-order valence-corrected chi connectivity index (χ0v) is 8.33. The lowest BCUT2D eigenvalue weighted by atomic mass is 10.2. The van der Waals surface area contributed by atoms with E-state index in [1.165, 1.54) is 12.8 Å². The highest BCUT2D eigenvalue weighted by molar-refractivity contribution is 5.73.